The van der Waals surface area contributed by atoms with Crippen molar-refractivity contribution in [1.29, 1.82) is 0 Å². The maximum absolute atomic E-state index is 12.8. The zero-order valence-electron chi connectivity index (χ0n) is 20.8. The number of rotatable bonds is 7. The van der Waals surface area contributed by atoms with Gasteiger partial charge in [0.05, 0.1) is 31.2 Å². The van der Waals surface area contributed by atoms with Crippen LogP contribution in [0.15, 0.2) is 42.6 Å². The molecule has 0 unspecified atom stereocenters. The molecule has 190 valence electrons. The van der Waals surface area contributed by atoms with E-state index in [4.69, 9.17) is 21.1 Å². The number of para-hydroxylation sites is 1. The Kier molecular flexibility index (Phi) is 7.22. The predicted octanol–water partition coefficient (Wildman–Crippen LogP) is 5.51. The van der Waals surface area contributed by atoms with E-state index in [1.54, 1.807) is 26.6 Å². The van der Waals surface area contributed by atoms with Gasteiger partial charge in [-0.25, -0.2) is 4.98 Å². The Balaban J connectivity index is 1.39. The van der Waals surface area contributed by atoms with E-state index in [9.17, 15) is 4.57 Å². The molecule has 36 heavy (non-hydrogen) atoms. The zero-order valence-corrected chi connectivity index (χ0v) is 22.4. The molecule has 0 aliphatic carbocycles. The average molecular weight is 528 g/mol. The van der Waals surface area contributed by atoms with Crippen LogP contribution in [0.2, 0.25) is 5.02 Å². The van der Waals surface area contributed by atoms with E-state index in [2.05, 4.69) is 37.6 Å². The zero-order chi connectivity index (χ0) is 25.3. The third kappa shape index (κ3) is 5.23. The molecule has 5 rings (SSSR count). The van der Waals surface area contributed by atoms with Gasteiger partial charge < -0.3 is 29.6 Å². The lowest BCUT2D eigenvalue weighted by Gasteiger charge is -2.34. The number of ether oxygens (including phenoxy) is 2. The highest BCUT2D eigenvalue weighted by Crippen LogP contribution is 2.39. The fraction of sp³-hybridized carbons (Fsp3) is 0.385. The summed E-state index contributed by atoms with van der Waals surface area (Å²) in [6.45, 7) is 6.55. The van der Waals surface area contributed by atoms with Crippen LogP contribution >= 0.6 is 18.7 Å². The quantitative estimate of drug-likeness (QED) is 0.389. The molecule has 1 fully saturated rings. The first-order valence-corrected chi connectivity index (χ1v) is 15.0. The average Bonchev–Trinajstić information content (AvgIpc) is 3.37. The van der Waals surface area contributed by atoms with Crippen LogP contribution < -0.4 is 20.8 Å². The first kappa shape index (κ1) is 25.0. The molecule has 1 saturated heterocycles. The molecule has 0 spiro atoms. The second kappa shape index (κ2) is 10.4. The second-order valence-corrected chi connectivity index (χ2v) is 13.1. The van der Waals surface area contributed by atoms with Crippen LogP contribution in [0.25, 0.3) is 0 Å². The SMILES string of the molecule is COC1CCN(c2ccc(Nc3ncc(Cl)c(Nc4ccccc4P(C)(C)=O)n3)c3c2COC3)CC1. The van der Waals surface area contributed by atoms with Crippen LogP contribution in [0, 0.1) is 0 Å². The number of halogens is 1. The molecular weight excluding hydrogens is 497 g/mol. The van der Waals surface area contributed by atoms with Gasteiger partial charge >= 0.3 is 0 Å². The first-order chi connectivity index (χ1) is 17.3. The van der Waals surface area contributed by atoms with Gasteiger partial charge in [0, 0.05) is 48.0 Å². The van der Waals surface area contributed by atoms with E-state index >= 15 is 0 Å². The number of hydrogen-bond acceptors (Lipinski definition) is 8. The summed E-state index contributed by atoms with van der Waals surface area (Å²) in [5, 5.41) is 7.72. The lowest BCUT2D eigenvalue weighted by molar-refractivity contribution is 0.0818. The van der Waals surface area contributed by atoms with Crippen molar-refractivity contribution >= 4 is 52.9 Å². The minimum absolute atomic E-state index is 0.338. The summed E-state index contributed by atoms with van der Waals surface area (Å²) in [5.41, 5.74) is 5.19. The van der Waals surface area contributed by atoms with E-state index in [0.29, 0.717) is 41.8 Å². The van der Waals surface area contributed by atoms with E-state index in [1.807, 2.05) is 24.3 Å². The Bertz CT molecular complexity index is 1310. The number of nitrogens with zero attached hydrogens (tertiary/aromatic N) is 3. The highest BCUT2D eigenvalue weighted by molar-refractivity contribution is 7.70. The highest BCUT2D eigenvalue weighted by atomic mass is 35.5. The van der Waals surface area contributed by atoms with Gasteiger partial charge in [-0.05, 0) is 50.4 Å². The lowest BCUT2D eigenvalue weighted by atomic mass is 10.0. The van der Waals surface area contributed by atoms with Gasteiger partial charge in [-0.15, -0.1) is 0 Å². The molecule has 3 aromatic rings. The van der Waals surface area contributed by atoms with E-state index in [0.717, 1.165) is 42.5 Å². The van der Waals surface area contributed by atoms with E-state index in [-0.39, 0.29) is 0 Å². The fourth-order valence-electron chi connectivity index (χ4n) is 4.82. The lowest BCUT2D eigenvalue weighted by Crippen LogP contribution is -2.37. The molecule has 2 aromatic carbocycles. The van der Waals surface area contributed by atoms with E-state index in [1.165, 1.54) is 11.3 Å². The second-order valence-electron chi connectivity index (χ2n) is 9.51. The molecule has 0 atom stereocenters. The molecule has 0 saturated carbocycles. The van der Waals surface area contributed by atoms with Gasteiger partial charge in [0.15, 0.2) is 5.82 Å². The van der Waals surface area contributed by atoms with Crippen molar-refractivity contribution in [2.24, 2.45) is 0 Å². The molecule has 2 aliphatic heterocycles. The summed E-state index contributed by atoms with van der Waals surface area (Å²) in [5.74, 6) is 0.860. The third-order valence-electron chi connectivity index (χ3n) is 6.74. The Labute approximate surface area is 216 Å². The monoisotopic (exact) mass is 527 g/mol. The van der Waals surface area contributed by atoms with Crippen molar-refractivity contribution in [2.75, 3.05) is 49.1 Å². The number of fused-ring (bicyclic) bond motifs is 1. The Morgan fingerprint density at radius 3 is 2.56 bits per heavy atom. The van der Waals surface area contributed by atoms with Crippen LogP contribution in [0.3, 0.4) is 0 Å². The third-order valence-corrected chi connectivity index (χ3v) is 8.57. The van der Waals surface area contributed by atoms with Crippen molar-refractivity contribution < 1.29 is 14.0 Å². The molecule has 0 radical (unpaired) electrons. The number of benzene rings is 2. The van der Waals surface area contributed by atoms with Gasteiger partial charge in [0.2, 0.25) is 5.95 Å². The first-order valence-electron chi connectivity index (χ1n) is 12.0. The van der Waals surface area contributed by atoms with Crippen molar-refractivity contribution in [3.63, 3.8) is 0 Å². The maximum Gasteiger partial charge on any atom is 0.229 e. The van der Waals surface area contributed by atoms with Crippen molar-refractivity contribution in [3.05, 3.63) is 58.7 Å². The van der Waals surface area contributed by atoms with Crippen LogP contribution in [0.4, 0.5) is 28.8 Å². The number of aromatic nitrogens is 2. The van der Waals surface area contributed by atoms with Crippen molar-refractivity contribution in [2.45, 2.75) is 32.2 Å². The molecule has 10 heteroatoms. The van der Waals surface area contributed by atoms with E-state index < -0.39 is 7.14 Å². The number of anilines is 5. The predicted molar refractivity (Wildman–Crippen MR) is 146 cm³/mol. The number of hydrogen-bond donors (Lipinski definition) is 2. The van der Waals surface area contributed by atoms with Gasteiger partial charge in [0.25, 0.3) is 0 Å². The van der Waals surface area contributed by atoms with Crippen molar-refractivity contribution in [1.82, 2.24) is 9.97 Å². The summed E-state index contributed by atoms with van der Waals surface area (Å²) in [6.07, 6.45) is 3.94. The molecule has 8 nitrogen and oxygen atoms in total. The summed E-state index contributed by atoms with van der Waals surface area (Å²) < 4.78 is 24.1. The molecule has 0 bridgehead atoms. The topological polar surface area (TPSA) is 88.6 Å². The van der Waals surface area contributed by atoms with Gasteiger partial charge in [0.1, 0.15) is 12.2 Å². The van der Waals surface area contributed by atoms with Gasteiger partial charge in [-0.1, -0.05) is 23.7 Å². The fourth-order valence-corrected chi connectivity index (χ4v) is 6.11. The number of piperidine rings is 1. The standard InChI is InChI=1S/C26H31ClN5O3P/c1-34-17-10-12-32(13-11-17)23-9-8-21(18-15-35-16-19(18)23)30-26-28-14-20(27)25(31-26)29-22-6-4-5-7-24(22)36(2,3)33/h4-9,14,17H,10-13,15-16H2,1-3H3,(H2,28,29,30,31). The summed E-state index contributed by atoms with van der Waals surface area (Å²) in [7, 11) is -0.707. The number of nitrogens with one attached hydrogen (secondary N) is 2. The van der Waals surface area contributed by atoms with Crippen molar-refractivity contribution in [3.8, 4) is 0 Å². The van der Waals surface area contributed by atoms with Crippen LogP contribution in [-0.2, 0) is 27.3 Å². The maximum atomic E-state index is 12.8. The van der Waals surface area contributed by atoms with Crippen LogP contribution in [0.5, 0.6) is 0 Å². The summed E-state index contributed by atoms with van der Waals surface area (Å²) >= 11 is 6.42. The molecule has 1 aromatic heterocycles. The summed E-state index contributed by atoms with van der Waals surface area (Å²) in [6, 6.07) is 11.7. The normalized spacial score (nSPS) is 16.2. The summed E-state index contributed by atoms with van der Waals surface area (Å²) in [4.78, 5) is 11.4. The molecule has 0 amide bonds. The Hall–Kier alpha value is -2.64. The van der Waals surface area contributed by atoms with Gasteiger partial charge in [-0.3, -0.25) is 0 Å². The molecule has 2 N–H and O–H groups in total. The number of methoxy groups -OCH3 is 1. The largest absolute Gasteiger partial charge is 0.381 e. The Morgan fingerprint density at radius 1 is 1.06 bits per heavy atom. The van der Waals surface area contributed by atoms with Crippen LogP contribution in [0.1, 0.15) is 24.0 Å². The molecular formula is C26H31ClN5O3P. The smallest absolute Gasteiger partial charge is 0.229 e. The Morgan fingerprint density at radius 2 is 1.81 bits per heavy atom. The highest BCUT2D eigenvalue weighted by Gasteiger charge is 2.26. The minimum Gasteiger partial charge on any atom is -0.381 e. The van der Waals surface area contributed by atoms with Gasteiger partial charge in [-0.2, -0.15) is 4.98 Å². The van der Waals surface area contributed by atoms with Crippen LogP contribution in [-0.4, -0.2) is 49.6 Å². The molecule has 3 heterocycles. The molecule has 2 aliphatic rings. The minimum atomic E-state index is -2.50.